The Morgan fingerprint density at radius 3 is 2.00 bits per heavy atom. The molecule has 2 fully saturated rings. The van der Waals surface area contributed by atoms with Gasteiger partial charge in [0.1, 0.15) is 17.5 Å². The van der Waals surface area contributed by atoms with E-state index in [2.05, 4.69) is 31.0 Å². The number of nitrogens with zero attached hydrogens (tertiary/aromatic N) is 2. The number of hydrogen-bond acceptors (Lipinski definition) is 3. The van der Waals surface area contributed by atoms with Crippen molar-refractivity contribution in [2.75, 3.05) is 33.2 Å². The lowest BCUT2D eigenvalue weighted by molar-refractivity contribution is -0.119. The first-order valence-corrected chi connectivity index (χ1v) is 13.4. The Bertz CT molecular complexity index is 1060. The lowest BCUT2D eigenvalue weighted by Gasteiger charge is -2.31. The molecule has 0 unspecified atom stereocenters. The van der Waals surface area contributed by atoms with Gasteiger partial charge in [-0.05, 0) is 87.9 Å². The van der Waals surface area contributed by atoms with Gasteiger partial charge in [0.15, 0.2) is 0 Å². The van der Waals surface area contributed by atoms with Gasteiger partial charge in [-0.15, -0.1) is 0 Å². The fourth-order valence-corrected chi connectivity index (χ4v) is 4.98. The summed E-state index contributed by atoms with van der Waals surface area (Å²) in [4.78, 5) is 26.5. The number of likely N-dealkylation sites (tertiary alicyclic amines) is 2. The Morgan fingerprint density at radius 1 is 0.895 bits per heavy atom. The van der Waals surface area contributed by atoms with Gasteiger partial charge in [0.2, 0.25) is 6.41 Å². The Kier molecular flexibility index (Phi) is 11.8. The van der Waals surface area contributed by atoms with Crippen LogP contribution in [-0.4, -0.2) is 60.9 Å². The van der Waals surface area contributed by atoms with Crippen molar-refractivity contribution >= 4 is 12.3 Å². The maximum atomic E-state index is 13.7. The molecule has 2 aromatic carbocycles. The molecular formula is C30H42F3N3O2. The smallest absolute Gasteiger partial charge is 0.251 e. The van der Waals surface area contributed by atoms with E-state index in [1.807, 2.05) is 13.8 Å². The maximum Gasteiger partial charge on any atom is 0.251 e. The van der Waals surface area contributed by atoms with E-state index in [4.69, 9.17) is 0 Å². The zero-order valence-corrected chi connectivity index (χ0v) is 23.5. The van der Waals surface area contributed by atoms with Crippen LogP contribution in [-0.2, 0) is 4.79 Å². The fourth-order valence-electron chi connectivity index (χ4n) is 4.98. The first-order valence-electron chi connectivity index (χ1n) is 13.4. The van der Waals surface area contributed by atoms with Gasteiger partial charge in [-0.1, -0.05) is 19.9 Å². The van der Waals surface area contributed by atoms with Gasteiger partial charge in [0, 0.05) is 49.8 Å². The number of hydrogen-bond donors (Lipinski definition) is 1. The molecule has 2 amide bonds. The summed E-state index contributed by atoms with van der Waals surface area (Å²) >= 11 is 0. The lowest BCUT2D eigenvalue weighted by Crippen LogP contribution is -2.39. The fraction of sp³-hybridized carbons (Fsp3) is 0.533. The Hall–Kier alpha value is -2.87. The molecule has 38 heavy (non-hydrogen) atoms. The second-order valence-electron chi connectivity index (χ2n) is 10.5. The van der Waals surface area contributed by atoms with Crippen molar-refractivity contribution in [2.45, 2.75) is 71.3 Å². The molecule has 8 heteroatoms. The van der Waals surface area contributed by atoms with Crippen LogP contribution in [0.2, 0.25) is 0 Å². The molecule has 0 radical (unpaired) electrons. The maximum absolute atomic E-state index is 13.7. The van der Waals surface area contributed by atoms with Gasteiger partial charge in [-0.3, -0.25) is 14.5 Å². The van der Waals surface area contributed by atoms with Gasteiger partial charge < -0.3 is 10.2 Å². The predicted molar refractivity (Wildman–Crippen MR) is 146 cm³/mol. The van der Waals surface area contributed by atoms with Crippen molar-refractivity contribution < 1.29 is 22.8 Å². The van der Waals surface area contributed by atoms with Gasteiger partial charge in [0.25, 0.3) is 5.91 Å². The first kappa shape index (κ1) is 31.3. The van der Waals surface area contributed by atoms with E-state index < -0.39 is 11.6 Å². The largest absolute Gasteiger partial charge is 0.355 e. The highest BCUT2D eigenvalue weighted by Crippen LogP contribution is 2.33. The SMILES string of the molecule is CC.CC(C)(C)N1CC[C@H](c2ccc(F)cc2F)C1.CNC(=O)c1ccc(F)cc1C1CCN(C=O)CC1. The van der Waals surface area contributed by atoms with Crippen molar-refractivity contribution in [1.29, 1.82) is 0 Å². The van der Waals surface area contributed by atoms with Crippen LogP contribution in [0.3, 0.4) is 0 Å². The number of piperidine rings is 1. The first-order chi connectivity index (χ1) is 18.0. The third-order valence-electron chi connectivity index (χ3n) is 7.14. The zero-order chi connectivity index (χ0) is 28.5. The number of nitrogens with one attached hydrogen (secondary N) is 1. The van der Waals surface area contributed by atoms with Crippen LogP contribution in [0.25, 0.3) is 0 Å². The summed E-state index contributed by atoms with van der Waals surface area (Å²) in [6, 6.07) is 8.17. The topological polar surface area (TPSA) is 52.7 Å². The second-order valence-corrected chi connectivity index (χ2v) is 10.5. The average Bonchev–Trinajstić information content (AvgIpc) is 3.41. The number of benzene rings is 2. The summed E-state index contributed by atoms with van der Waals surface area (Å²) in [6.45, 7) is 13.6. The molecule has 0 aliphatic carbocycles. The van der Waals surface area contributed by atoms with E-state index in [9.17, 15) is 22.8 Å². The molecule has 2 heterocycles. The van der Waals surface area contributed by atoms with Crippen molar-refractivity contribution in [3.05, 3.63) is 70.5 Å². The van der Waals surface area contributed by atoms with E-state index in [0.717, 1.165) is 50.4 Å². The summed E-state index contributed by atoms with van der Waals surface area (Å²) in [6.07, 6.45) is 3.29. The molecule has 0 saturated carbocycles. The zero-order valence-electron chi connectivity index (χ0n) is 23.5. The third-order valence-corrected chi connectivity index (χ3v) is 7.14. The standard InChI is InChI=1S/C14H19F2N.C14H17FN2O2.C2H6/c1-14(2,3)17-7-6-10(9-17)12-5-4-11(15)8-13(12)16;1-16-14(19)12-3-2-11(15)8-13(12)10-4-6-17(9-18)7-5-10;1-2/h4-5,8,10H,6-7,9H2,1-3H3;2-3,8-10H,4-7H2,1H3,(H,16,19);1-2H3/t10-;;/m0../s1. The minimum Gasteiger partial charge on any atom is -0.355 e. The second kappa shape index (κ2) is 14.3. The minimum atomic E-state index is -0.503. The molecule has 0 bridgehead atoms. The van der Waals surface area contributed by atoms with Gasteiger partial charge in [0.05, 0.1) is 0 Å². The van der Waals surface area contributed by atoms with Crippen LogP contribution in [0.15, 0.2) is 36.4 Å². The summed E-state index contributed by atoms with van der Waals surface area (Å²) < 4.78 is 39.9. The minimum absolute atomic E-state index is 0.116. The van der Waals surface area contributed by atoms with Crippen molar-refractivity contribution in [3.63, 3.8) is 0 Å². The number of halogens is 3. The number of rotatable bonds is 4. The van der Waals surface area contributed by atoms with Crippen LogP contribution in [0, 0.1) is 17.5 Å². The van der Waals surface area contributed by atoms with Crippen LogP contribution in [0.4, 0.5) is 13.2 Å². The average molecular weight is 534 g/mol. The highest BCUT2D eigenvalue weighted by atomic mass is 19.1. The quantitative estimate of drug-likeness (QED) is 0.483. The van der Waals surface area contributed by atoms with Crippen molar-refractivity contribution in [2.24, 2.45) is 0 Å². The van der Waals surface area contributed by atoms with E-state index in [-0.39, 0.29) is 29.1 Å². The molecular weight excluding hydrogens is 491 g/mol. The van der Waals surface area contributed by atoms with Crippen molar-refractivity contribution in [3.8, 4) is 0 Å². The molecule has 4 rings (SSSR count). The summed E-state index contributed by atoms with van der Waals surface area (Å²) in [5.74, 6) is -1.13. The number of carbonyl (C=O) groups is 2. The number of carbonyl (C=O) groups excluding carboxylic acids is 2. The predicted octanol–water partition coefficient (Wildman–Crippen LogP) is 6.10. The molecule has 0 aromatic heterocycles. The lowest BCUT2D eigenvalue weighted by atomic mass is 9.86. The van der Waals surface area contributed by atoms with Crippen LogP contribution < -0.4 is 5.32 Å². The Labute approximate surface area is 225 Å². The highest BCUT2D eigenvalue weighted by Gasteiger charge is 2.32. The number of amides is 2. The normalized spacial score (nSPS) is 18.1. The van der Waals surface area contributed by atoms with Crippen LogP contribution in [0.5, 0.6) is 0 Å². The molecule has 210 valence electrons. The molecule has 2 aliphatic heterocycles. The molecule has 2 aliphatic rings. The monoisotopic (exact) mass is 533 g/mol. The summed E-state index contributed by atoms with van der Waals surface area (Å²) in [7, 11) is 1.56. The van der Waals surface area contributed by atoms with Crippen LogP contribution >= 0.6 is 0 Å². The van der Waals surface area contributed by atoms with Gasteiger partial charge in [-0.25, -0.2) is 13.2 Å². The highest BCUT2D eigenvalue weighted by molar-refractivity contribution is 5.95. The van der Waals surface area contributed by atoms with Crippen LogP contribution in [0.1, 0.15) is 87.2 Å². The molecule has 1 N–H and O–H groups in total. The Morgan fingerprint density at radius 2 is 1.47 bits per heavy atom. The molecule has 5 nitrogen and oxygen atoms in total. The van der Waals surface area contributed by atoms with E-state index >= 15 is 0 Å². The van der Waals surface area contributed by atoms with Gasteiger partial charge >= 0.3 is 0 Å². The third kappa shape index (κ3) is 8.32. The van der Waals surface area contributed by atoms with E-state index in [0.29, 0.717) is 24.2 Å². The molecule has 1 atom stereocenters. The summed E-state index contributed by atoms with van der Waals surface area (Å²) in [5, 5.41) is 2.57. The molecule has 2 saturated heterocycles. The summed E-state index contributed by atoms with van der Waals surface area (Å²) in [5.41, 5.74) is 2.03. The van der Waals surface area contributed by atoms with Gasteiger partial charge in [-0.2, -0.15) is 0 Å². The van der Waals surface area contributed by atoms with E-state index in [1.165, 1.54) is 24.3 Å². The molecule has 2 aromatic rings. The van der Waals surface area contributed by atoms with Crippen molar-refractivity contribution in [1.82, 2.24) is 15.1 Å². The Balaban J connectivity index is 0.000000252. The van der Waals surface area contributed by atoms with E-state index in [1.54, 1.807) is 18.0 Å². The molecule has 0 spiro atoms.